The molecule has 0 aliphatic rings. The van der Waals surface area contributed by atoms with Gasteiger partial charge in [0, 0.05) is 18.7 Å². The van der Waals surface area contributed by atoms with E-state index in [9.17, 15) is 4.79 Å². The average molecular weight is 287 g/mol. The molecule has 21 heavy (non-hydrogen) atoms. The van der Waals surface area contributed by atoms with Gasteiger partial charge < -0.3 is 10.5 Å². The van der Waals surface area contributed by atoms with Crippen LogP contribution in [0.1, 0.15) is 35.8 Å². The van der Waals surface area contributed by atoms with E-state index in [0.717, 1.165) is 17.7 Å². The number of rotatable bonds is 7. The lowest BCUT2D eigenvalue weighted by molar-refractivity contribution is 0.0969. The second kappa shape index (κ2) is 6.92. The summed E-state index contributed by atoms with van der Waals surface area (Å²) in [6.07, 6.45) is 3.63. The van der Waals surface area contributed by atoms with Crippen molar-refractivity contribution in [3.05, 3.63) is 41.7 Å². The Kier molecular flexibility index (Phi) is 4.98. The van der Waals surface area contributed by atoms with Gasteiger partial charge in [-0.2, -0.15) is 5.10 Å². The lowest BCUT2D eigenvalue weighted by atomic mass is 10.1. The summed E-state index contributed by atoms with van der Waals surface area (Å²) in [6.45, 7) is 2.77. The third-order valence-corrected chi connectivity index (χ3v) is 3.35. The van der Waals surface area contributed by atoms with Crippen molar-refractivity contribution >= 4 is 11.5 Å². The number of nitrogens with zero attached hydrogens (tertiary/aromatic N) is 2. The number of nitrogens with two attached hydrogens (primary N) is 1. The highest BCUT2D eigenvalue weighted by molar-refractivity contribution is 5.97. The quantitative estimate of drug-likeness (QED) is 0.628. The van der Waals surface area contributed by atoms with Crippen LogP contribution in [-0.4, -0.2) is 22.7 Å². The van der Waals surface area contributed by atoms with E-state index < -0.39 is 0 Å². The maximum absolute atomic E-state index is 12.5. The molecule has 0 unspecified atom stereocenters. The van der Waals surface area contributed by atoms with Gasteiger partial charge >= 0.3 is 0 Å². The van der Waals surface area contributed by atoms with E-state index in [1.54, 1.807) is 18.0 Å². The van der Waals surface area contributed by atoms with Gasteiger partial charge in [-0.1, -0.05) is 19.1 Å². The SMILES string of the molecule is CCCn1ncc(OC)c1C(=O)CCc1ccc(N)cc1. The fourth-order valence-corrected chi connectivity index (χ4v) is 2.24. The van der Waals surface area contributed by atoms with E-state index in [1.165, 1.54) is 0 Å². The van der Waals surface area contributed by atoms with Crippen LogP contribution in [0.25, 0.3) is 0 Å². The molecule has 5 nitrogen and oxygen atoms in total. The van der Waals surface area contributed by atoms with E-state index in [-0.39, 0.29) is 5.78 Å². The molecule has 0 spiro atoms. The van der Waals surface area contributed by atoms with Crippen molar-refractivity contribution in [2.75, 3.05) is 12.8 Å². The summed E-state index contributed by atoms with van der Waals surface area (Å²) in [5.41, 5.74) is 8.05. The number of aromatic nitrogens is 2. The molecule has 0 saturated carbocycles. The summed E-state index contributed by atoms with van der Waals surface area (Å²) in [5, 5.41) is 4.22. The highest BCUT2D eigenvalue weighted by atomic mass is 16.5. The Bertz CT molecular complexity index is 602. The van der Waals surface area contributed by atoms with Gasteiger partial charge in [-0.15, -0.1) is 0 Å². The molecule has 0 saturated heterocycles. The second-order valence-corrected chi connectivity index (χ2v) is 4.95. The monoisotopic (exact) mass is 287 g/mol. The lowest BCUT2D eigenvalue weighted by Gasteiger charge is -2.07. The average Bonchev–Trinajstić information content (AvgIpc) is 2.90. The number of hydrogen-bond acceptors (Lipinski definition) is 4. The predicted octanol–water partition coefficient (Wildman–Crippen LogP) is 2.70. The minimum atomic E-state index is 0.0506. The van der Waals surface area contributed by atoms with Crippen molar-refractivity contribution in [3.8, 4) is 5.75 Å². The predicted molar refractivity (Wildman–Crippen MR) is 82.6 cm³/mol. The Morgan fingerprint density at radius 2 is 2.05 bits per heavy atom. The van der Waals surface area contributed by atoms with Crippen LogP contribution in [-0.2, 0) is 13.0 Å². The molecular weight excluding hydrogens is 266 g/mol. The summed E-state index contributed by atoms with van der Waals surface area (Å²) in [4.78, 5) is 12.5. The molecule has 5 heteroatoms. The lowest BCUT2D eigenvalue weighted by Crippen LogP contribution is -2.12. The standard InChI is InChI=1S/C16H21N3O2/c1-3-10-19-16(15(21-2)11-18-19)14(20)9-6-12-4-7-13(17)8-5-12/h4-5,7-8,11H,3,6,9-10,17H2,1-2H3. The Morgan fingerprint density at radius 3 is 2.67 bits per heavy atom. The Balaban J connectivity index is 2.09. The second-order valence-electron chi connectivity index (χ2n) is 4.95. The highest BCUT2D eigenvalue weighted by Crippen LogP contribution is 2.20. The molecule has 0 aliphatic heterocycles. The minimum absolute atomic E-state index is 0.0506. The van der Waals surface area contributed by atoms with Crippen molar-refractivity contribution in [1.82, 2.24) is 9.78 Å². The van der Waals surface area contributed by atoms with Gasteiger partial charge in [0.05, 0.1) is 13.3 Å². The van der Waals surface area contributed by atoms with Crippen molar-refractivity contribution < 1.29 is 9.53 Å². The molecule has 0 amide bonds. The number of methoxy groups -OCH3 is 1. The first-order valence-electron chi connectivity index (χ1n) is 7.13. The van der Waals surface area contributed by atoms with Crippen molar-refractivity contribution in [2.45, 2.75) is 32.7 Å². The van der Waals surface area contributed by atoms with Crippen LogP contribution < -0.4 is 10.5 Å². The third kappa shape index (κ3) is 3.62. The van der Waals surface area contributed by atoms with Gasteiger partial charge in [-0.05, 0) is 30.5 Å². The minimum Gasteiger partial charge on any atom is -0.493 e. The number of benzene rings is 1. The zero-order chi connectivity index (χ0) is 15.2. The fourth-order valence-electron chi connectivity index (χ4n) is 2.24. The molecule has 2 rings (SSSR count). The van der Waals surface area contributed by atoms with Gasteiger partial charge in [0.1, 0.15) is 5.69 Å². The van der Waals surface area contributed by atoms with E-state index in [1.807, 2.05) is 24.3 Å². The van der Waals surface area contributed by atoms with Crippen molar-refractivity contribution in [1.29, 1.82) is 0 Å². The molecule has 0 atom stereocenters. The number of anilines is 1. The van der Waals surface area contributed by atoms with E-state index in [4.69, 9.17) is 10.5 Å². The first-order chi connectivity index (χ1) is 10.2. The van der Waals surface area contributed by atoms with Crippen LogP contribution in [0, 0.1) is 0 Å². The molecule has 2 aromatic rings. The van der Waals surface area contributed by atoms with Crippen LogP contribution in [0.2, 0.25) is 0 Å². The first kappa shape index (κ1) is 15.1. The Morgan fingerprint density at radius 1 is 1.33 bits per heavy atom. The van der Waals surface area contributed by atoms with E-state index in [0.29, 0.717) is 30.8 Å². The van der Waals surface area contributed by atoms with Gasteiger partial charge in [0.15, 0.2) is 11.5 Å². The van der Waals surface area contributed by atoms with Crippen LogP contribution in [0.15, 0.2) is 30.5 Å². The van der Waals surface area contributed by atoms with Gasteiger partial charge in [0.2, 0.25) is 0 Å². The molecule has 1 aromatic heterocycles. The number of ketones is 1. The zero-order valence-electron chi connectivity index (χ0n) is 12.5. The smallest absolute Gasteiger partial charge is 0.185 e. The molecule has 0 radical (unpaired) electrons. The number of Topliss-reactive ketones (excluding diaryl/α,β-unsaturated/α-hetero) is 1. The topological polar surface area (TPSA) is 70.1 Å². The molecule has 0 fully saturated rings. The molecule has 1 aromatic carbocycles. The summed E-state index contributed by atoms with van der Waals surface area (Å²) in [5.74, 6) is 0.598. The molecular formula is C16H21N3O2. The number of nitrogen functional groups attached to an aromatic ring is 1. The van der Waals surface area contributed by atoms with Gasteiger partial charge in [-0.25, -0.2) is 0 Å². The zero-order valence-corrected chi connectivity index (χ0v) is 12.5. The number of hydrogen-bond donors (Lipinski definition) is 1. The van der Waals surface area contributed by atoms with Gasteiger partial charge in [-0.3, -0.25) is 9.48 Å². The number of carbonyl (C=O) groups excluding carboxylic acids is 1. The summed E-state index contributed by atoms with van der Waals surface area (Å²) >= 11 is 0. The molecule has 1 heterocycles. The van der Waals surface area contributed by atoms with Crippen LogP contribution in [0.5, 0.6) is 5.75 Å². The summed E-state index contributed by atoms with van der Waals surface area (Å²) < 4.78 is 6.97. The number of ether oxygens (including phenoxy) is 1. The number of carbonyl (C=O) groups is 1. The highest BCUT2D eigenvalue weighted by Gasteiger charge is 2.18. The molecule has 2 N–H and O–H groups in total. The first-order valence-corrected chi connectivity index (χ1v) is 7.13. The van der Waals surface area contributed by atoms with Crippen LogP contribution >= 0.6 is 0 Å². The van der Waals surface area contributed by atoms with Crippen molar-refractivity contribution in [2.24, 2.45) is 0 Å². The summed E-state index contributed by atoms with van der Waals surface area (Å²) in [7, 11) is 1.56. The number of aryl methyl sites for hydroxylation is 2. The van der Waals surface area contributed by atoms with Crippen LogP contribution in [0.3, 0.4) is 0 Å². The van der Waals surface area contributed by atoms with E-state index in [2.05, 4.69) is 12.0 Å². The maximum atomic E-state index is 12.5. The summed E-state index contributed by atoms with van der Waals surface area (Å²) in [6, 6.07) is 7.59. The largest absolute Gasteiger partial charge is 0.493 e. The van der Waals surface area contributed by atoms with Gasteiger partial charge in [0.25, 0.3) is 0 Å². The molecule has 112 valence electrons. The maximum Gasteiger partial charge on any atom is 0.185 e. The Labute approximate surface area is 124 Å². The normalized spacial score (nSPS) is 10.6. The van der Waals surface area contributed by atoms with Crippen molar-refractivity contribution in [3.63, 3.8) is 0 Å². The Hall–Kier alpha value is -2.30. The fraction of sp³-hybridized carbons (Fsp3) is 0.375. The molecule has 0 bridgehead atoms. The molecule has 0 aliphatic carbocycles. The third-order valence-electron chi connectivity index (χ3n) is 3.35. The van der Waals surface area contributed by atoms with E-state index >= 15 is 0 Å². The van der Waals surface area contributed by atoms with Crippen LogP contribution in [0.4, 0.5) is 5.69 Å².